The molecular weight excluding hydrogens is 392 g/mol. The van der Waals surface area contributed by atoms with Gasteiger partial charge in [-0.05, 0) is 36.6 Å². The Morgan fingerprint density at radius 3 is 2.76 bits per heavy atom. The number of benzene rings is 1. The number of nitrogens with zero attached hydrogens (tertiary/aromatic N) is 3. The first-order valence-corrected chi connectivity index (χ1v) is 10.0. The first-order valence-electron chi connectivity index (χ1n) is 9.66. The van der Waals surface area contributed by atoms with Crippen molar-refractivity contribution in [3.05, 3.63) is 52.7 Å². The predicted octanol–water partition coefficient (Wildman–Crippen LogP) is 2.94. The minimum Gasteiger partial charge on any atom is -0.381 e. The second-order valence-corrected chi connectivity index (χ2v) is 7.75. The van der Waals surface area contributed by atoms with Crippen LogP contribution in [-0.4, -0.2) is 54.5 Å². The number of carbonyl (C=O) groups excluding carboxylic acids is 2. The molecule has 1 aromatic heterocycles. The minimum absolute atomic E-state index is 0.0726. The van der Waals surface area contributed by atoms with Gasteiger partial charge in [0.1, 0.15) is 0 Å². The topological polar surface area (TPSA) is 74.8 Å². The van der Waals surface area contributed by atoms with Crippen molar-refractivity contribution in [1.29, 1.82) is 0 Å². The number of anilines is 2. The Bertz CT molecular complexity index is 913. The van der Waals surface area contributed by atoms with E-state index in [0.29, 0.717) is 41.8 Å². The van der Waals surface area contributed by atoms with Gasteiger partial charge in [-0.2, -0.15) is 0 Å². The van der Waals surface area contributed by atoms with E-state index in [0.717, 1.165) is 18.4 Å². The van der Waals surface area contributed by atoms with Crippen LogP contribution in [0.5, 0.6) is 0 Å². The number of rotatable bonds is 4. The number of amides is 2. The number of hydrogen-bond acceptors (Lipinski definition) is 5. The Morgan fingerprint density at radius 1 is 1.31 bits per heavy atom. The minimum atomic E-state index is -0.100. The standard InChI is InChI=1S/C21H23ClN4O3/c1-25(17-6-8-29-9-7-17)21(28)15-10-18-20(23-11-15)24-12-19(27)26(18)13-14-2-4-16(22)5-3-14/h2-5,10-11,17H,6-9,12-13H2,1H3,(H,23,24). The lowest BCUT2D eigenvalue weighted by atomic mass is 10.1. The molecule has 0 bridgehead atoms. The first kappa shape index (κ1) is 19.7. The number of pyridine rings is 1. The van der Waals surface area contributed by atoms with E-state index in [1.165, 1.54) is 0 Å². The summed E-state index contributed by atoms with van der Waals surface area (Å²) in [6, 6.07) is 9.27. The van der Waals surface area contributed by atoms with Crippen LogP contribution in [0.4, 0.5) is 11.5 Å². The summed E-state index contributed by atoms with van der Waals surface area (Å²) < 4.78 is 5.39. The fourth-order valence-electron chi connectivity index (χ4n) is 3.69. The molecule has 4 rings (SSSR count). The molecule has 3 heterocycles. The second kappa shape index (κ2) is 8.39. The van der Waals surface area contributed by atoms with E-state index in [9.17, 15) is 9.59 Å². The van der Waals surface area contributed by atoms with Crippen molar-refractivity contribution in [2.75, 3.05) is 37.0 Å². The SMILES string of the molecule is CN(C(=O)c1cnc2c(c1)N(Cc1ccc(Cl)cc1)C(=O)CN2)C1CCOCC1. The van der Waals surface area contributed by atoms with Crippen LogP contribution in [0.1, 0.15) is 28.8 Å². The van der Waals surface area contributed by atoms with Gasteiger partial charge in [0.2, 0.25) is 5.91 Å². The van der Waals surface area contributed by atoms with Gasteiger partial charge in [0.25, 0.3) is 5.91 Å². The first-order chi connectivity index (χ1) is 14.0. The number of hydrogen-bond donors (Lipinski definition) is 1. The molecule has 2 amide bonds. The van der Waals surface area contributed by atoms with Gasteiger partial charge in [-0.3, -0.25) is 9.59 Å². The van der Waals surface area contributed by atoms with Gasteiger partial charge < -0.3 is 19.9 Å². The molecular formula is C21H23ClN4O3. The average Bonchev–Trinajstić information content (AvgIpc) is 2.76. The lowest BCUT2D eigenvalue weighted by Crippen LogP contribution is -2.42. The fourth-order valence-corrected chi connectivity index (χ4v) is 3.81. The molecule has 0 atom stereocenters. The van der Waals surface area contributed by atoms with Crippen LogP contribution in [-0.2, 0) is 16.1 Å². The van der Waals surface area contributed by atoms with Gasteiger partial charge in [-0.1, -0.05) is 23.7 Å². The summed E-state index contributed by atoms with van der Waals surface area (Å²) in [7, 11) is 1.81. The summed E-state index contributed by atoms with van der Waals surface area (Å²) in [4.78, 5) is 33.4. The fraction of sp³-hybridized carbons (Fsp3) is 0.381. The van der Waals surface area contributed by atoms with Gasteiger partial charge >= 0.3 is 0 Å². The highest BCUT2D eigenvalue weighted by Crippen LogP contribution is 2.30. The third-order valence-electron chi connectivity index (χ3n) is 5.43. The zero-order valence-electron chi connectivity index (χ0n) is 16.2. The maximum absolute atomic E-state index is 13.0. The highest BCUT2D eigenvalue weighted by molar-refractivity contribution is 6.30. The highest BCUT2D eigenvalue weighted by Gasteiger charge is 2.28. The molecule has 0 unspecified atom stereocenters. The van der Waals surface area contributed by atoms with Crippen molar-refractivity contribution < 1.29 is 14.3 Å². The van der Waals surface area contributed by atoms with Gasteiger partial charge in [0.15, 0.2) is 5.82 Å². The van der Waals surface area contributed by atoms with Crippen LogP contribution < -0.4 is 10.2 Å². The van der Waals surface area contributed by atoms with E-state index in [2.05, 4.69) is 10.3 Å². The molecule has 0 aliphatic carbocycles. The summed E-state index contributed by atoms with van der Waals surface area (Å²) in [5.74, 6) is 0.428. The number of ether oxygens (including phenoxy) is 1. The summed E-state index contributed by atoms with van der Waals surface area (Å²) in [6.45, 7) is 1.89. The van der Waals surface area contributed by atoms with Crippen LogP contribution >= 0.6 is 11.6 Å². The maximum atomic E-state index is 13.0. The normalized spacial score (nSPS) is 16.9. The number of halogens is 1. The quantitative estimate of drug-likeness (QED) is 0.832. The van der Waals surface area contributed by atoms with E-state index in [1.54, 1.807) is 34.2 Å². The predicted molar refractivity (Wildman–Crippen MR) is 111 cm³/mol. The molecule has 2 aromatic rings. The zero-order chi connectivity index (χ0) is 20.4. The van der Waals surface area contributed by atoms with Crippen molar-refractivity contribution in [3.8, 4) is 0 Å². The molecule has 152 valence electrons. The molecule has 2 aliphatic heterocycles. The largest absolute Gasteiger partial charge is 0.381 e. The van der Waals surface area contributed by atoms with Crippen LogP contribution in [0.3, 0.4) is 0 Å². The van der Waals surface area contributed by atoms with E-state index in [4.69, 9.17) is 16.3 Å². The van der Waals surface area contributed by atoms with E-state index in [-0.39, 0.29) is 24.4 Å². The third kappa shape index (κ3) is 4.21. The molecule has 2 aliphatic rings. The maximum Gasteiger partial charge on any atom is 0.255 e. The smallest absolute Gasteiger partial charge is 0.255 e. The second-order valence-electron chi connectivity index (χ2n) is 7.31. The molecule has 7 nitrogen and oxygen atoms in total. The van der Waals surface area contributed by atoms with Gasteiger partial charge in [0.05, 0.1) is 24.3 Å². The third-order valence-corrected chi connectivity index (χ3v) is 5.68. The summed E-state index contributed by atoms with van der Waals surface area (Å²) >= 11 is 5.96. The number of fused-ring (bicyclic) bond motifs is 1. The van der Waals surface area contributed by atoms with Crippen molar-refractivity contribution in [3.63, 3.8) is 0 Å². The van der Waals surface area contributed by atoms with Crippen molar-refractivity contribution in [2.24, 2.45) is 0 Å². The summed E-state index contributed by atoms with van der Waals surface area (Å²) in [6.07, 6.45) is 3.22. The van der Waals surface area contributed by atoms with Crippen molar-refractivity contribution in [1.82, 2.24) is 9.88 Å². The Hall–Kier alpha value is -2.64. The molecule has 0 saturated carbocycles. The Morgan fingerprint density at radius 2 is 2.03 bits per heavy atom. The molecule has 1 saturated heterocycles. The van der Waals surface area contributed by atoms with E-state index in [1.807, 2.05) is 19.2 Å². The van der Waals surface area contributed by atoms with E-state index >= 15 is 0 Å². The zero-order valence-corrected chi connectivity index (χ0v) is 17.0. The molecule has 8 heteroatoms. The average molecular weight is 415 g/mol. The van der Waals surface area contributed by atoms with Crippen LogP contribution in [0, 0.1) is 0 Å². The van der Waals surface area contributed by atoms with Gasteiger partial charge in [0, 0.05) is 37.5 Å². The van der Waals surface area contributed by atoms with Crippen molar-refractivity contribution >= 4 is 34.9 Å². The van der Waals surface area contributed by atoms with E-state index < -0.39 is 0 Å². The van der Waals surface area contributed by atoms with Crippen LogP contribution in [0.25, 0.3) is 0 Å². The molecule has 1 fully saturated rings. The number of carbonyl (C=O) groups is 2. The molecule has 0 spiro atoms. The van der Waals surface area contributed by atoms with Crippen LogP contribution in [0.15, 0.2) is 36.5 Å². The molecule has 0 radical (unpaired) electrons. The molecule has 29 heavy (non-hydrogen) atoms. The molecule has 1 aromatic carbocycles. The highest BCUT2D eigenvalue weighted by atomic mass is 35.5. The van der Waals surface area contributed by atoms with Gasteiger partial charge in [-0.25, -0.2) is 4.98 Å². The lowest BCUT2D eigenvalue weighted by Gasteiger charge is -2.32. The monoisotopic (exact) mass is 414 g/mol. The summed E-state index contributed by atoms with van der Waals surface area (Å²) in [5, 5.41) is 3.68. The number of nitrogens with one attached hydrogen (secondary N) is 1. The Labute approximate surface area is 174 Å². The Kier molecular flexibility index (Phi) is 5.69. The van der Waals surface area contributed by atoms with Crippen molar-refractivity contribution in [2.45, 2.75) is 25.4 Å². The van der Waals surface area contributed by atoms with Crippen LogP contribution in [0.2, 0.25) is 5.02 Å². The lowest BCUT2D eigenvalue weighted by molar-refractivity contribution is -0.117. The Balaban J connectivity index is 1.59. The summed E-state index contributed by atoms with van der Waals surface area (Å²) in [5.41, 5.74) is 2.03. The van der Waals surface area contributed by atoms with Gasteiger partial charge in [-0.15, -0.1) is 0 Å². The number of aromatic nitrogens is 1. The molecule has 1 N–H and O–H groups in total.